The molecule has 0 amide bonds. The zero-order valence-electron chi connectivity index (χ0n) is 14.1. The zero-order chi connectivity index (χ0) is 16.7. The molecule has 0 aliphatic carbocycles. The van der Waals surface area contributed by atoms with E-state index in [0.29, 0.717) is 19.6 Å². The Labute approximate surface area is 165 Å². The minimum Gasteiger partial charge on any atom is -0.357 e. The van der Waals surface area contributed by atoms with Crippen molar-refractivity contribution in [1.82, 2.24) is 19.9 Å². The number of guanidine groups is 1. The van der Waals surface area contributed by atoms with Gasteiger partial charge in [0.25, 0.3) is 0 Å². The lowest BCUT2D eigenvalue weighted by Gasteiger charge is -2.14. The van der Waals surface area contributed by atoms with E-state index in [1.165, 1.54) is 4.31 Å². The third-order valence-corrected chi connectivity index (χ3v) is 6.29. The Morgan fingerprint density at radius 3 is 2.83 bits per heavy atom. The normalized spacial score (nSPS) is 17.5. The van der Waals surface area contributed by atoms with Crippen LogP contribution >= 0.6 is 35.3 Å². The fraction of sp³-hybridized carbons (Fsp3) is 0.714. The van der Waals surface area contributed by atoms with Gasteiger partial charge in [-0.2, -0.15) is 0 Å². The average Bonchev–Trinajstić information content (AvgIpc) is 3.05. The van der Waals surface area contributed by atoms with Gasteiger partial charge in [-0.3, -0.25) is 4.99 Å². The topological polar surface area (TPSA) is 86.7 Å². The molecule has 138 valence electrons. The van der Waals surface area contributed by atoms with Crippen molar-refractivity contribution < 1.29 is 8.42 Å². The van der Waals surface area contributed by atoms with Crippen LogP contribution in [0.3, 0.4) is 0 Å². The maximum atomic E-state index is 11.7. The van der Waals surface area contributed by atoms with Crippen molar-refractivity contribution in [3.05, 3.63) is 16.1 Å². The Bertz CT molecular complexity index is 633. The zero-order valence-corrected chi connectivity index (χ0v) is 18.1. The number of hydrogen-bond donors (Lipinski definition) is 2. The smallest absolute Gasteiger partial charge is 0.214 e. The number of sulfonamides is 1. The summed E-state index contributed by atoms with van der Waals surface area (Å²) in [4.78, 5) is 8.88. The first-order valence-corrected chi connectivity index (χ1v) is 10.4. The molecule has 2 N–H and O–H groups in total. The summed E-state index contributed by atoms with van der Waals surface area (Å²) < 4.78 is 25.0. The van der Waals surface area contributed by atoms with Gasteiger partial charge < -0.3 is 10.6 Å². The molecule has 1 fully saturated rings. The number of nitrogens with one attached hydrogen (secondary N) is 2. The summed E-state index contributed by atoms with van der Waals surface area (Å²) in [5.74, 6) is 0.985. The van der Waals surface area contributed by atoms with Gasteiger partial charge >= 0.3 is 0 Å². The largest absolute Gasteiger partial charge is 0.357 e. The van der Waals surface area contributed by atoms with Gasteiger partial charge in [0, 0.05) is 38.0 Å². The lowest BCUT2D eigenvalue weighted by Crippen LogP contribution is -2.39. The second-order valence-corrected chi connectivity index (χ2v) is 8.51. The summed E-state index contributed by atoms with van der Waals surface area (Å²) in [6, 6.07) is 0. The highest BCUT2D eigenvalue weighted by molar-refractivity contribution is 14.0. The molecule has 0 unspecified atom stereocenters. The summed E-state index contributed by atoms with van der Waals surface area (Å²) in [6.45, 7) is 7.05. The molecule has 0 radical (unpaired) electrons. The molecule has 0 saturated carbocycles. The van der Waals surface area contributed by atoms with Crippen LogP contribution in [-0.4, -0.2) is 62.1 Å². The Kier molecular flexibility index (Phi) is 9.45. The van der Waals surface area contributed by atoms with Crippen LogP contribution in [0.15, 0.2) is 10.4 Å². The van der Waals surface area contributed by atoms with Crippen molar-refractivity contribution in [1.29, 1.82) is 0 Å². The molecule has 1 aliphatic heterocycles. The molecule has 0 aromatic carbocycles. The Morgan fingerprint density at radius 1 is 1.46 bits per heavy atom. The highest BCUT2D eigenvalue weighted by Crippen LogP contribution is 2.12. The standard InChI is InChI=1S/C14H25N5O2S2.HI/c1-3-15-14(16-6-5-13-11-22-12(2)18-13)17-7-9-19-8-4-10-23(19,20)21;/h11H,3-10H2,1-2H3,(H2,15,16,17);1H. The number of aromatic nitrogens is 1. The van der Waals surface area contributed by atoms with Gasteiger partial charge in [-0.05, 0) is 20.3 Å². The highest BCUT2D eigenvalue weighted by Gasteiger charge is 2.27. The van der Waals surface area contributed by atoms with E-state index >= 15 is 0 Å². The molecule has 1 saturated heterocycles. The van der Waals surface area contributed by atoms with Crippen molar-refractivity contribution >= 4 is 51.3 Å². The van der Waals surface area contributed by atoms with Gasteiger partial charge in [0.05, 0.1) is 23.0 Å². The summed E-state index contributed by atoms with van der Waals surface area (Å²) in [5.41, 5.74) is 1.08. The molecule has 0 spiro atoms. The lowest BCUT2D eigenvalue weighted by molar-refractivity contribution is 0.452. The van der Waals surface area contributed by atoms with Crippen molar-refractivity contribution in [2.24, 2.45) is 4.99 Å². The molecule has 1 aromatic heterocycles. The molecule has 1 aliphatic rings. The Balaban J connectivity index is 0.00000288. The molecule has 0 atom stereocenters. The molecule has 0 bridgehead atoms. The first kappa shape index (κ1) is 21.6. The molecule has 10 heteroatoms. The van der Waals surface area contributed by atoms with Gasteiger partial charge in [-0.1, -0.05) is 0 Å². The SMILES string of the molecule is CCNC(=NCCN1CCCS1(=O)=O)NCCc1csc(C)n1.I. The average molecular weight is 487 g/mol. The fourth-order valence-corrected chi connectivity index (χ4v) is 4.56. The van der Waals surface area contributed by atoms with Crippen LogP contribution in [0.4, 0.5) is 0 Å². The van der Waals surface area contributed by atoms with Crippen molar-refractivity contribution in [3.63, 3.8) is 0 Å². The Hall–Kier alpha value is -0.460. The molecule has 2 rings (SSSR count). The maximum Gasteiger partial charge on any atom is 0.214 e. The molecule has 1 aromatic rings. The number of halogens is 1. The van der Waals surface area contributed by atoms with Crippen LogP contribution in [0.2, 0.25) is 0 Å². The predicted molar refractivity (Wildman–Crippen MR) is 110 cm³/mol. The van der Waals surface area contributed by atoms with Crippen LogP contribution in [-0.2, 0) is 16.4 Å². The van der Waals surface area contributed by atoms with Gasteiger partial charge in [0.1, 0.15) is 0 Å². The number of aryl methyl sites for hydroxylation is 1. The molecular formula is C14H26IN5O2S2. The molecule has 7 nitrogen and oxygen atoms in total. The first-order chi connectivity index (χ1) is 11.0. The molecule has 2 heterocycles. The van der Waals surface area contributed by atoms with Crippen molar-refractivity contribution in [2.45, 2.75) is 26.7 Å². The first-order valence-electron chi connectivity index (χ1n) is 7.92. The minimum absolute atomic E-state index is 0. The number of hydrogen-bond acceptors (Lipinski definition) is 5. The summed E-state index contributed by atoms with van der Waals surface area (Å²) >= 11 is 1.65. The van der Waals surface area contributed by atoms with Crippen LogP contribution in [0.25, 0.3) is 0 Å². The monoisotopic (exact) mass is 487 g/mol. The molecule has 24 heavy (non-hydrogen) atoms. The predicted octanol–water partition coefficient (Wildman–Crippen LogP) is 1.20. The number of nitrogens with zero attached hydrogens (tertiary/aromatic N) is 3. The highest BCUT2D eigenvalue weighted by atomic mass is 127. The van der Waals surface area contributed by atoms with Crippen molar-refractivity contribution in [2.75, 3.05) is 38.5 Å². The van der Waals surface area contributed by atoms with Crippen LogP contribution in [0.1, 0.15) is 24.0 Å². The summed E-state index contributed by atoms with van der Waals surface area (Å²) in [5, 5.41) is 9.58. The summed E-state index contributed by atoms with van der Waals surface area (Å²) in [7, 11) is -3.03. The quantitative estimate of drug-likeness (QED) is 0.343. The second-order valence-electron chi connectivity index (χ2n) is 5.36. The Morgan fingerprint density at radius 2 is 2.25 bits per heavy atom. The van der Waals surface area contributed by atoms with Gasteiger partial charge in [0.2, 0.25) is 10.0 Å². The van der Waals surface area contributed by atoms with E-state index in [1.807, 2.05) is 13.8 Å². The van der Waals surface area contributed by atoms with Crippen LogP contribution in [0.5, 0.6) is 0 Å². The number of aliphatic imine (C=N–C) groups is 1. The van der Waals surface area contributed by atoms with Crippen LogP contribution < -0.4 is 10.6 Å². The second kappa shape index (κ2) is 10.5. The van der Waals surface area contributed by atoms with Crippen LogP contribution in [0, 0.1) is 6.92 Å². The van der Waals surface area contributed by atoms with E-state index < -0.39 is 10.0 Å². The minimum atomic E-state index is -3.03. The third-order valence-electron chi connectivity index (χ3n) is 3.51. The van der Waals surface area contributed by atoms with E-state index in [2.05, 4.69) is 26.0 Å². The third kappa shape index (κ3) is 6.81. The number of thiazole rings is 1. The van der Waals surface area contributed by atoms with Gasteiger partial charge in [-0.15, -0.1) is 35.3 Å². The van der Waals surface area contributed by atoms with E-state index in [-0.39, 0.29) is 29.7 Å². The molecular weight excluding hydrogens is 461 g/mol. The van der Waals surface area contributed by atoms with Crippen molar-refractivity contribution in [3.8, 4) is 0 Å². The maximum absolute atomic E-state index is 11.7. The van der Waals surface area contributed by atoms with E-state index in [4.69, 9.17) is 0 Å². The van der Waals surface area contributed by atoms with E-state index in [9.17, 15) is 8.42 Å². The number of rotatable bonds is 7. The van der Waals surface area contributed by atoms with Gasteiger partial charge in [-0.25, -0.2) is 17.7 Å². The summed E-state index contributed by atoms with van der Waals surface area (Å²) in [6.07, 6.45) is 1.56. The van der Waals surface area contributed by atoms with E-state index in [0.717, 1.165) is 42.6 Å². The fourth-order valence-electron chi connectivity index (χ4n) is 2.39. The van der Waals surface area contributed by atoms with E-state index in [1.54, 1.807) is 11.3 Å². The van der Waals surface area contributed by atoms with Gasteiger partial charge in [0.15, 0.2) is 5.96 Å². The lowest BCUT2D eigenvalue weighted by atomic mass is 10.3.